The predicted molar refractivity (Wildman–Crippen MR) is 110 cm³/mol. The van der Waals surface area contributed by atoms with Crippen LogP contribution in [0.3, 0.4) is 0 Å². The van der Waals surface area contributed by atoms with Gasteiger partial charge in [0.2, 0.25) is 11.8 Å². The van der Waals surface area contributed by atoms with E-state index in [9.17, 15) is 14.0 Å². The molecule has 0 aliphatic rings. The fourth-order valence-electron chi connectivity index (χ4n) is 2.68. The fourth-order valence-corrected chi connectivity index (χ4v) is 2.68. The van der Waals surface area contributed by atoms with Crippen LogP contribution < -0.4 is 16.4 Å². The van der Waals surface area contributed by atoms with Crippen molar-refractivity contribution in [1.29, 1.82) is 0 Å². The van der Waals surface area contributed by atoms with Crippen LogP contribution in [0, 0.1) is 5.82 Å². The maximum absolute atomic E-state index is 13.2. The van der Waals surface area contributed by atoms with Crippen molar-refractivity contribution >= 4 is 17.6 Å². The number of hydrogen-bond donors (Lipinski definition) is 3. The van der Waals surface area contributed by atoms with Gasteiger partial charge in [-0.3, -0.25) is 14.5 Å². The maximum Gasteiger partial charge on any atom is 0.243 e. The minimum atomic E-state index is -0.789. The zero-order valence-corrected chi connectivity index (χ0v) is 17.0. The molecule has 2 rings (SSSR count). The third-order valence-corrected chi connectivity index (χ3v) is 4.84. The molecule has 2 atom stereocenters. The Morgan fingerprint density at radius 3 is 2.38 bits per heavy atom. The van der Waals surface area contributed by atoms with Gasteiger partial charge in [-0.25, -0.2) is 9.37 Å². The molecule has 0 saturated heterocycles. The quantitative estimate of drug-likeness (QED) is 0.591. The highest BCUT2D eigenvalue weighted by atomic mass is 19.1. The molecule has 0 aliphatic carbocycles. The van der Waals surface area contributed by atoms with E-state index in [2.05, 4.69) is 15.6 Å². The molecular weight excluding hydrogens is 373 g/mol. The maximum atomic E-state index is 13.2. The first-order valence-electron chi connectivity index (χ1n) is 9.53. The van der Waals surface area contributed by atoms with Gasteiger partial charge in [0.1, 0.15) is 17.7 Å². The third-order valence-electron chi connectivity index (χ3n) is 4.84. The molecule has 1 aromatic heterocycles. The van der Waals surface area contributed by atoms with Crippen LogP contribution in [0.1, 0.15) is 25.0 Å². The molecular formula is C21H28FN5O2. The number of nitrogen functional groups attached to an aromatic ring is 1. The molecule has 156 valence electrons. The second kappa shape index (κ2) is 10.5. The summed E-state index contributed by atoms with van der Waals surface area (Å²) in [5.41, 5.74) is 7.11. The SMILES string of the molecule is CCN(C)C(C)C(=O)N[C@@H](Cc1ccc(F)cc1)C(=O)NCc1ccc(N)nc1. The van der Waals surface area contributed by atoms with Crippen LogP contribution in [0.4, 0.5) is 10.2 Å². The van der Waals surface area contributed by atoms with Crippen molar-refractivity contribution in [1.82, 2.24) is 20.5 Å². The number of halogens is 1. The summed E-state index contributed by atoms with van der Waals surface area (Å²) < 4.78 is 13.2. The lowest BCUT2D eigenvalue weighted by Crippen LogP contribution is -2.53. The number of likely N-dealkylation sites (N-methyl/N-ethyl adjacent to an activating group) is 1. The molecule has 8 heteroatoms. The summed E-state index contributed by atoms with van der Waals surface area (Å²) in [5, 5.41) is 5.63. The number of anilines is 1. The van der Waals surface area contributed by atoms with Crippen molar-refractivity contribution in [3.8, 4) is 0 Å². The van der Waals surface area contributed by atoms with Gasteiger partial charge in [-0.05, 0) is 49.8 Å². The topological polar surface area (TPSA) is 100 Å². The van der Waals surface area contributed by atoms with E-state index in [4.69, 9.17) is 5.73 Å². The normalized spacial score (nSPS) is 13.0. The number of nitrogens with two attached hydrogens (primary N) is 1. The zero-order chi connectivity index (χ0) is 21.4. The highest BCUT2D eigenvalue weighted by Crippen LogP contribution is 2.08. The second-order valence-electron chi connectivity index (χ2n) is 6.95. The first-order chi connectivity index (χ1) is 13.8. The molecule has 2 aromatic rings. The largest absolute Gasteiger partial charge is 0.384 e. The summed E-state index contributed by atoms with van der Waals surface area (Å²) in [7, 11) is 1.84. The van der Waals surface area contributed by atoms with Crippen LogP contribution in [0.5, 0.6) is 0 Å². The zero-order valence-electron chi connectivity index (χ0n) is 17.0. The van der Waals surface area contributed by atoms with Gasteiger partial charge in [-0.1, -0.05) is 25.1 Å². The Bertz CT molecular complexity index is 811. The van der Waals surface area contributed by atoms with E-state index in [1.807, 2.05) is 18.9 Å². The Morgan fingerprint density at radius 2 is 1.79 bits per heavy atom. The molecule has 7 nitrogen and oxygen atoms in total. The first-order valence-corrected chi connectivity index (χ1v) is 9.53. The van der Waals surface area contributed by atoms with Gasteiger partial charge in [0.05, 0.1) is 6.04 Å². The Morgan fingerprint density at radius 1 is 1.14 bits per heavy atom. The molecule has 0 spiro atoms. The standard InChI is InChI=1S/C21H28FN5O2/c1-4-27(3)14(2)20(28)26-18(11-15-5-8-17(22)9-6-15)21(29)25-13-16-7-10-19(23)24-12-16/h5-10,12,14,18H,4,11,13H2,1-3H3,(H2,23,24)(H,25,29)(H,26,28)/t14?,18-/m0/s1. The molecule has 1 unspecified atom stereocenters. The lowest BCUT2D eigenvalue weighted by Gasteiger charge is -2.25. The number of aromatic nitrogens is 1. The molecule has 0 aliphatic heterocycles. The Kier molecular flexibility index (Phi) is 8.09. The van der Waals surface area contributed by atoms with Crippen LogP contribution in [-0.4, -0.2) is 47.4 Å². The van der Waals surface area contributed by atoms with Crippen molar-refractivity contribution in [3.05, 3.63) is 59.5 Å². The van der Waals surface area contributed by atoms with E-state index >= 15 is 0 Å². The van der Waals surface area contributed by atoms with Gasteiger partial charge >= 0.3 is 0 Å². The van der Waals surface area contributed by atoms with Gasteiger partial charge in [0.25, 0.3) is 0 Å². The van der Waals surface area contributed by atoms with Crippen molar-refractivity contribution in [3.63, 3.8) is 0 Å². The van der Waals surface area contributed by atoms with Crippen molar-refractivity contribution in [2.45, 2.75) is 38.9 Å². The lowest BCUT2D eigenvalue weighted by atomic mass is 10.0. The van der Waals surface area contributed by atoms with Crippen LogP contribution in [-0.2, 0) is 22.6 Å². The monoisotopic (exact) mass is 401 g/mol. The average Bonchev–Trinajstić information content (AvgIpc) is 2.72. The first kappa shape index (κ1) is 22.3. The summed E-state index contributed by atoms with van der Waals surface area (Å²) in [4.78, 5) is 31.3. The summed E-state index contributed by atoms with van der Waals surface area (Å²) in [6.07, 6.45) is 1.84. The van der Waals surface area contributed by atoms with E-state index in [1.165, 1.54) is 12.1 Å². The second-order valence-corrected chi connectivity index (χ2v) is 6.95. The molecule has 1 aromatic carbocycles. The van der Waals surface area contributed by atoms with Gasteiger partial charge in [0, 0.05) is 19.2 Å². The summed E-state index contributed by atoms with van der Waals surface area (Å²) in [6, 6.07) is 8.13. The smallest absolute Gasteiger partial charge is 0.243 e. The number of carbonyl (C=O) groups excluding carboxylic acids is 2. The fraction of sp³-hybridized carbons (Fsp3) is 0.381. The lowest BCUT2D eigenvalue weighted by molar-refractivity contribution is -0.131. The van der Waals surface area contributed by atoms with Crippen molar-refractivity contribution in [2.75, 3.05) is 19.3 Å². The van der Waals surface area contributed by atoms with E-state index in [1.54, 1.807) is 37.4 Å². The molecule has 0 bridgehead atoms. The summed E-state index contributed by atoms with van der Waals surface area (Å²) >= 11 is 0. The molecule has 0 radical (unpaired) electrons. The Hall–Kier alpha value is -3.00. The van der Waals surface area contributed by atoms with Crippen LogP contribution in [0.15, 0.2) is 42.6 Å². The predicted octanol–water partition coefficient (Wildman–Crippen LogP) is 1.49. The minimum Gasteiger partial charge on any atom is -0.384 e. The van der Waals surface area contributed by atoms with E-state index in [0.29, 0.717) is 12.4 Å². The van der Waals surface area contributed by atoms with Crippen LogP contribution >= 0.6 is 0 Å². The highest BCUT2D eigenvalue weighted by Gasteiger charge is 2.25. The van der Waals surface area contributed by atoms with Crippen LogP contribution in [0.2, 0.25) is 0 Å². The molecule has 0 fully saturated rings. The molecule has 4 N–H and O–H groups in total. The number of hydrogen-bond acceptors (Lipinski definition) is 5. The average molecular weight is 401 g/mol. The number of rotatable bonds is 9. The van der Waals surface area contributed by atoms with Gasteiger partial charge in [0.15, 0.2) is 0 Å². The highest BCUT2D eigenvalue weighted by molar-refractivity contribution is 5.89. The van der Waals surface area contributed by atoms with E-state index < -0.39 is 6.04 Å². The number of carbonyl (C=O) groups is 2. The van der Waals surface area contributed by atoms with Crippen molar-refractivity contribution in [2.24, 2.45) is 0 Å². The minimum absolute atomic E-state index is 0.245. The number of amides is 2. The number of benzene rings is 1. The molecule has 0 saturated carbocycles. The molecule has 1 heterocycles. The van der Waals surface area contributed by atoms with Crippen molar-refractivity contribution < 1.29 is 14.0 Å². The third kappa shape index (κ3) is 6.83. The summed E-state index contributed by atoms with van der Waals surface area (Å²) in [5.74, 6) is -0.528. The molecule has 2 amide bonds. The number of nitrogens with zero attached hydrogens (tertiary/aromatic N) is 2. The van der Waals surface area contributed by atoms with Gasteiger partial charge in [-0.15, -0.1) is 0 Å². The molecule has 29 heavy (non-hydrogen) atoms. The number of pyridine rings is 1. The Balaban J connectivity index is 2.09. The van der Waals surface area contributed by atoms with E-state index in [0.717, 1.165) is 11.1 Å². The van der Waals surface area contributed by atoms with Gasteiger partial charge < -0.3 is 16.4 Å². The van der Waals surface area contributed by atoms with Gasteiger partial charge in [-0.2, -0.15) is 0 Å². The number of nitrogens with one attached hydrogen (secondary N) is 2. The summed E-state index contributed by atoms with van der Waals surface area (Å²) in [6.45, 7) is 4.69. The Labute approximate surface area is 170 Å². The van der Waals surface area contributed by atoms with Crippen LogP contribution in [0.25, 0.3) is 0 Å². The van der Waals surface area contributed by atoms with E-state index in [-0.39, 0.29) is 36.6 Å².